The predicted octanol–water partition coefficient (Wildman–Crippen LogP) is 0.760. The Hall–Kier alpha value is -1.23. The molecule has 1 aromatic rings. The topological polar surface area (TPSA) is 56.3 Å². The lowest BCUT2D eigenvalue weighted by atomic mass is 10.1. The lowest BCUT2D eigenvalue weighted by molar-refractivity contribution is 0.0253. The molecule has 1 aliphatic heterocycles. The molecule has 1 aromatic heterocycles. The molecular weight excluding hydrogens is 204 g/mol. The van der Waals surface area contributed by atoms with Gasteiger partial charge in [0.15, 0.2) is 5.82 Å². The van der Waals surface area contributed by atoms with Crippen molar-refractivity contribution in [2.24, 2.45) is 7.05 Å². The van der Waals surface area contributed by atoms with Gasteiger partial charge >= 0.3 is 0 Å². The van der Waals surface area contributed by atoms with Crippen LogP contribution in [0.4, 0.5) is 11.5 Å². The summed E-state index contributed by atoms with van der Waals surface area (Å²) in [7, 11) is 1.91. The maximum absolute atomic E-state index is 5.99. The molecule has 1 aliphatic carbocycles. The van der Waals surface area contributed by atoms with E-state index in [0.717, 1.165) is 24.7 Å². The zero-order chi connectivity index (χ0) is 11.1. The quantitative estimate of drug-likeness (QED) is 0.762. The molecule has 0 bridgehead atoms. The van der Waals surface area contributed by atoms with Crippen LogP contribution < -0.4 is 10.6 Å². The number of morpholine rings is 1. The number of anilines is 2. The minimum Gasteiger partial charge on any atom is -0.394 e. The molecule has 2 unspecified atom stereocenters. The van der Waals surface area contributed by atoms with E-state index < -0.39 is 0 Å². The molecule has 2 heterocycles. The van der Waals surface area contributed by atoms with Gasteiger partial charge in [0, 0.05) is 19.8 Å². The summed E-state index contributed by atoms with van der Waals surface area (Å²) in [6.07, 6.45) is 5.87. The molecule has 0 amide bonds. The van der Waals surface area contributed by atoms with Crippen molar-refractivity contribution in [2.45, 2.75) is 31.4 Å². The van der Waals surface area contributed by atoms with Crippen LogP contribution in [0.2, 0.25) is 0 Å². The summed E-state index contributed by atoms with van der Waals surface area (Å²) in [5, 5.41) is 4.46. The molecule has 2 fully saturated rings. The second-order valence-corrected chi connectivity index (χ2v) is 4.68. The molecule has 16 heavy (non-hydrogen) atoms. The van der Waals surface area contributed by atoms with Crippen LogP contribution in [0, 0.1) is 0 Å². The van der Waals surface area contributed by atoms with E-state index >= 15 is 0 Å². The number of ether oxygens (including phenoxy) is 1. The van der Waals surface area contributed by atoms with Crippen LogP contribution in [0.15, 0.2) is 6.20 Å². The van der Waals surface area contributed by atoms with Gasteiger partial charge in [0.2, 0.25) is 0 Å². The summed E-state index contributed by atoms with van der Waals surface area (Å²) in [4.78, 5) is 2.33. The normalized spacial score (nSPS) is 29.4. The number of nitrogens with two attached hydrogens (primary N) is 1. The number of rotatable bonds is 1. The Kier molecular flexibility index (Phi) is 2.28. The van der Waals surface area contributed by atoms with Crippen LogP contribution in [-0.4, -0.2) is 35.1 Å². The van der Waals surface area contributed by atoms with Gasteiger partial charge in [-0.25, -0.2) is 0 Å². The summed E-state index contributed by atoms with van der Waals surface area (Å²) >= 11 is 0. The fourth-order valence-electron chi connectivity index (χ4n) is 2.91. The first-order valence-electron chi connectivity index (χ1n) is 5.93. The van der Waals surface area contributed by atoms with Gasteiger partial charge in [-0.2, -0.15) is 5.10 Å². The van der Waals surface area contributed by atoms with Gasteiger partial charge in [0.1, 0.15) is 0 Å². The highest BCUT2D eigenvalue weighted by molar-refractivity contribution is 5.62. The van der Waals surface area contributed by atoms with E-state index in [2.05, 4.69) is 10.00 Å². The van der Waals surface area contributed by atoms with Crippen molar-refractivity contribution in [3.05, 3.63) is 6.20 Å². The standard InChI is InChI=1S/C11H18N4O/c1-14-7-8(12)11(13-14)15-5-6-16-10-4-2-3-9(10)15/h7,9-10H,2-6,12H2,1H3. The third-order valence-corrected chi connectivity index (χ3v) is 3.59. The molecule has 5 nitrogen and oxygen atoms in total. The Balaban J connectivity index is 1.90. The maximum atomic E-state index is 5.99. The highest BCUT2D eigenvalue weighted by Crippen LogP contribution is 2.34. The number of nitrogens with zero attached hydrogens (tertiary/aromatic N) is 3. The van der Waals surface area contributed by atoms with Crippen LogP contribution >= 0.6 is 0 Å². The molecule has 0 spiro atoms. The van der Waals surface area contributed by atoms with Crippen LogP contribution in [0.1, 0.15) is 19.3 Å². The highest BCUT2D eigenvalue weighted by Gasteiger charge is 2.37. The zero-order valence-electron chi connectivity index (χ0n) is 9.59. The third kappa shape index (κ3) is 1.46. The van der Waals surface area contributed by atoms with Gasteiger partial charge in [-0.05, 0) is 19.3 Å². The van der Waals surface area contributed by atoms with Crippen molar-refractivity contribution in [1.82, 2.24) is 9.78 Å². The first-order chi connectivity index (χ1) is 7.75. The van der Waals surface area contributed by atoms with E-state index in [1.807, 2.05) is 13.2 Å². The fraction of sp³-hybridized carbons (Fsp3) is 0.727. The van der Waals surface area contributed by atoms with Gasteiger partial charge in [-0.3, -0.25) is 4.68 Å². The van der Waals surface area contributed by atoms with Gasteiger partial charge < -0.3 is 15.4 Å². The first kappa shape index (κ1) is 9.96. The highest BCUT2D eigenvalue weighted by atomic mass is 16.5. The van der Waals surface area contributed by atoms with Crippen LogP contribution in [0.3, 0.4) is 0 Å². The molecular formula is C11H18N4O. The van der Waals surface area contributed by atoms with Gasteiger partial charge in [-0.15, -0.1) is 0 Å². The molecule has 3 rings (SSSR count). The number of hydrogen-bond donors (Lipinski definition) is 1. The third-order valence-electron chi connectivity index (χ3n) is 3.59. The Morgan fingerprint density at radius 3 is 3.12 bits per heavy atom. The van der Waals surface area contributed by atoms with Crippen molar-refractivity contribution in [2.75, 3.05) is 23.8 Å². The molecule has 0 aromatic carbocycles. The van der Waals surface area contributed by atoms with E-state index in [-0.39, 0.29) is 0 Å². The average molecular weight is 222 g/mol. The fourth-order valence-corrected chi connectivity index (χ4v) is 2.91. The largest absolute Gasteiger partial charge is 0.394 e. The second kappa shape index (κ2) is 3.66. The van der Waals surface area contributed by atoms with Crippen molar-refractivity contribution >= 4 is 11.5 Å². The average Bonchev–Trinajstić information content (AvgIpc) is 2.84. The Morgan fingerprint density at radius 1 is 1.50 bits per heavy atom. The van der Waals surface area contributed by atoms with Gasteiger partial charge in [0.05, 0.1) is 24.4 Å². The molecule has 2 N–H and O–H groups in total. The smallest absolute Gasteiger partial charge is 0.174 e. The van der Waals surface area contributed by atoms with Crippen molar-refractivity contribution in [3.8, 4) is 0 Å². The van der Waals surface area contributed by atoms with Crippen LogP contribution in [0.25, 0.3) is 0 Å². The Labute approximate surface area is 95.2 Å². The van der Waals surface area contributed by atoms with E-state index in [4.69, 9.17) is 10.5 Å². The lowest BCUT2D eigenvalue weighted by Gasteiger charge is -2.38. The van der Waals surface area contributed by atoms with Crippen LogP contribution in [0.5, 0.6) is 0 Å². The van der Waals surface area contributed by atoms with Crippen molar-refractivity contribution < 1.29 is 4.74 Å². The van der Waals surface area contributed by atoms with E-state index in [0.29, 0.717) is 12.1 Å². The monoisotopic (exact) mass is 222 g/mol. The first-order valence-corrected chi connectivity index (χ1v) is 5.93. The number of nitrogen functional groups attached to an aromatic ring is 1. The molecule has 2 atom stereocenters. The molecule has 1 saturated heterocycles. The summed E-state index contributed by atoms with van der Waals surface area (Å²) in [5.74, 6) is 0.933. The van der Waals surface area contributed by atoms with E-state index in [9.17, 15) is 0 Å². The predicted molar refractivity (Wildman–Crippen MR) is 62.3 cm³/mol. The van der Waals surface area contributed by atoms with Gasteiger partial charge in [0.25, 0.3) is 0 Å². The molecule has 1 saturated carbocycles. The molecule has 0 radical (unpaired) electrons. The maximum Gasteiger partial charge on any atom is 0.174 e. The number of aryl methyl sites for hydroxylation is 1. The van der Waals surface area contributed by atoms with Crippen molar-refractivity contribution in [1.29, 1.82) is 0 Å². The Morgan fingerprint density at radius 2 is 2.38 bits per heavy atom. The van der Waals surface area contributed by atoms with Crippen LogP contribution in [-0.2, 0) is 11.8 Å². The SMILES string of the molecule is Cn1cc(N)c(N2CCOC3CCCC32)n1. The van der Waals surface area contributed by atoms with E-state index in [1.165, 1.54) is 19.3 Å². The number of aromatic nitrogens is 2. The molecule has 2 aliphatic rings. The molecule has 5 heteroatoms. The summed E-state index contributed by atoms with van der Waals surface area (Å²) in [6.45, 7) is 1.69. The van der Waals surface area contributed by atoms with Gasteiger partial charge in [-0.1, -0.05) is 0 Å². The minimum atomic E-state index is 0.384. The van der Waals surface area contributed by atoms with Crippen molar-refractivity contribution in [3.63, 3.8) is 0 Å². The summed E-state index contributed by atoms with van der Waals surface area (Å²) in [6, 6.07) is 0.478. The van der Waals surface area contributed by atoms with E-state index in [1.54, 1.807) is 4.68 Å². The summed E-state index contributed by atoms with van der Waals surface area (Å²) < 4.78 is 7.57. The summed E-state index contributed by atoms with van der Waals surface area (Å²) in [5.41, 5.74) is 6.76. The lowest BCUT2D eigenvalue weighted by Crippen LogP contribution is -2.49. The number of fused-ring (bicyclic) bond motifs is 1. The minimum absolute atomic E-state index is 0.384. The second-order valence-electron chi connectivity index (χ2n) is 4.68. The molecule has 88 valence electrons. The number of hydrogen-bond acceptors (Lipinski definition) is 4. The zero-order valence-corrected chi connectivity index (χ0v) is 9.59. The Bertz CT molecular complexity index is 389.